The maximum absolute atomic E-state index is 12.1. The largest absolute Gasteiger partial charge is 0.422 e. The summed E-state index contributed by atoms with van der Waals surface area (Å²) in [5.41, 5.74) is 3.95. The first-order valence-electron chi connectivity index (χ1n) is 6.94. The molecule has 0 atom stereocenters. The summed E-state index contributed by atoms with van der Waals surface area (Å²) in [7, 11) is 0. The molecule has 24 heavy (non-hydrogen) atoms. The summed E-state index contributed by atoms with van der Waals surface area (Å²) in [5, 5.41) is 0.842. The van der Waals surface area contributed by atoms with Crippen molar-refractivity contribution in [1.82, 2.24) is 10.9 Å². The number of hydrazine groups is 1. The lowest BCUT2D eigenvalue weighted by Gasteiger charge is -2.08. The van der Waals surface area contributed by atoms with Crippen molar-refractivity contribution in [2.24, 2.45) is 0 Å². The Morgan fingerprint density at radius 1 is 0.875 bits per heavy atom. The van der Waals surface area contributed by atoms with Gasteiger partial charge in [-0.3, -0.25) is 20.4 Å². The van der Waals surface area contributed by atoms with Crippen LogP contribution in [-0.2, 0) is 0 Å². The van der Waals surface area contributed by atoms with Crippen LogP contribution < -0.4 is 16.5 Å². The molecule has 3 aromatic rings. The number of hydrogen-bond acceptors (Lipinski definition) is 4. The molecule has 0 bridgehead atoms. The van der Waals surface area contributed by atoms with Gasteiger partial charge in [0, 0.05) is 5.39 Å². The number of para-hydroxylation sites is 1. The van der Waals surface area contributed by atoms with Crippen molar-refractivity contribution in [2.75, 3.05) is 0 Å². The van der Waals surface area contributed by atoms with Crippen LogP contribution in [0.25, 0.3) is 11.0 Å². The smallest absolute Gasteiger partial charge is 0.349 e. The monoisotopic (exact) mass is 342 g/mol. The minimum Gasteiger partial charge on any atom is -0.422 e. The SMILES string of the molecule is O=C(NNC(=O)c1cc2ccccc2oc1=O)c1ccccc1Cl. The lowest BCUT2D eigenvalue weighted by Crippen LogP contribution is -2.43. The van der Waals surface area contributed by atoms with E-state index in [1.54, 1.807) is 42.5 Å². The molecule has 7 heteroatoms. The molecular weight excluding hydrogens is 332 g/mol. The molecular formula is C17H11ClN2O4. The van der Waals surface area contributed by atoms with Crippen molar-refractivity contribution in [3.8, 4) is 0 Å². The van der Waals surface area contributed by atoms with Crippen LogP contribution in [0.5, 0.6) is 0 Å². The van der Waals surface area contributed by atoms with E-state index in [0.29, 0.717) is 11.0 Å². The van der Waals surface area contributed by atoms with Crippen LogP contribution in [-0.4, -0.2) is 11.8 Å². The normalized spacial score (nSPS) is 10.4. The van der Waals surface area contributed by atoms with Crippen molar-refractivity contribution in [3.63, 3.8) is 0 Å². The number of benzene rings is 2. The Bertz CT molecular complexity index is 997. The predicted octanol–water partition coefficient (Wildman–Crippen LogP) is 2.52. The summed E-state index contributed by atoms with van der Waals surface area (Å²) in [5.74, 6) is -1.38. The Kier molecular flexibility index (Phi) is 4.31. The number of amides is 2. The lowest BCUT2D eigenvalue weighted by molar-refractivity contribution is 0.0844. The maximum atomic E-state index is 12.1. The van der Waals surface area contributed by atoms with Gasteiger partial charge in [-0.1, -0.05) is 41.9 Å². The van der Waals surface area contributed by atoms with Crippen LogP contribution in [0.15, 0.2) is 63.8 Å². The van der Waals surface area contributed by atoms with Gasteiger partial charge < -0.3 is 4.42 Å². The molecule has 0 aliphatic carbocycles. The molecule has 1 aromatic heterocycles. The zero-order chi connectivity index (χ0) is 17.1. The van der Waals surface area contributed by atoms with Crippen molar-refractivity contribution < 1.29 is 14.0 Å². The second-order valence-corrected chi connectivity index (χ2v) is 5.28. The summed E-state index contributed by atoms with van der Waals surface area (Å²) >= 11 is 5.90. The van der Waals surface area contributed by atoms with E-state index in [1.165, 1.54) is 12.1 Å². The summed E-state index contributed by atoms with van der Waals surface area (Å²) in [6.45, 7) is 0. The average molecular weight is 343 g/mol. The first-order chi connectivity index (χ1) is 11.6. The Labute approximate surface area is 141 Å². The van der Waals surface area contributed by atoms with Gasteiger partial charge in [-0.25, -0.2) is 4.79 Å². The molecule has 0 aliphatic rings. The fraction of sp³-hybridized carbons (Fsp3) is 0. The van der Waals surface area contributed by atoms with Gasteiger partial charge in [0.15, 0.2) is 0 Å². The van der Waals surface area contributed by atoms with Gasteiger partial charge in [0.2, 0.25) is 0 Å². The molecule has 0 aliphatic heterocycles. The third-order valence-corrected chi connectivity index (χ3v) is 3.62. The van der Waals surface area contributed by atoms with Gasteiger partial charge in [-0.05, 0) is 24.3 Å². The Balaban J connectivity index is 1.78. The highest BCUT2D eigenvalue weighted by Gasteiger charge is 2.15. The van der Waals surface area contributed by atoms with Gasteiger partial charge in [0.05, 0.1) is 10.6 Å². The van der Waals surface area contributed by atoms with Crippen LogP contribution in [0.4, 0.5) is 0 Å². The zero-order valence-corrected chi connectivity index (χ0v) is 13.0. The number of carbonyl (C=O) groups is 2. The van der Waals surface area contributed by atoms with Gasteiger partial charge in [-0.15, -0.1) is 0 Å². The first-order valence-corrected chi connectivity index (χ1v) is 7.32. The van der Waals surface area contributed by atoms with E-state index in [2.05, 4.69) is 10.9 Å². The third kappa shape index (κ3) is 3.13. The van der Waals surface area contributed by atoms with Crippen molar-refractivity contribution >= 4 is 34.4 Å². The molecule has 0 radical (unpaired) electrons. The number of carbonyl (C=O) groups excluding carboxylic acids is 2. The Morgan fingerprint density at radius 3 is 2.25 bits per heavy atom. The molecule has 1 heterocycles. The molecule has 0 spiro atoms. The van der Waals surface area contributed by atoms with Crippen LogP contribution in [0.2, 0.25) is 5.02 Å². The minimum absolute atomic E-state index is 0.199. The number of halogens is 1. The van der Waals surface area contributed by atoms with E-state index < -0.39 is 17.4 Å². The van der Waals surface area contributed by atoms with E-state index in [1.807, 2.05) is 0 Å². The third-order valence-electron chi connectivity index (χ3n) is 3.29. The van der Waals surface area contributed by atoms with Crippen LogP contribution >= 0.6 is 11.6 Å². The fourth-order valence-electron chi connectivity index (χ4n) is 2.11. The quantitative estimate of drug-likeness (QED) is 0.553. The molecule has 0 saturated heterocycles. The molecule has 0 fully saturated rings. The fourth-order valence-corrected chi connectivity index (χ4v) is 2.34. The Hall–Kier alpha value is -3.12. The van der Waals surface area contributed by atoms with Crippen LogP contribution in [0.1, 0.15) is 20.7 Å². The average Bonchev–Trinajstić information content (AvgIpc) is 2.59. The van der Waals surface area contributed by atoms with Gasteiger partial charge in [0.1, 0.15) is 11.1 Å². The number of hydrogen-bond donors (Lipinski definition) is 2. The van der Waals surface area contributed by atoms with E-state index in [9.17, 15) is 14.4 Å². The first kappa shape index (κ1) is 15.8. The highest BCUT2D eigenvalue weighted by Crippen LogP contribution is 2.14. The maximum Gasteiger partial charge on any atom is 0.349 e. The summed E-state index contributed by atoms with van der Waals surface area (Å²) in [6.07, 6.45) is 0. The summed E-state index contributed by atoms with van der Waals surface area (Å²) in [4.78, 5) is 36.0. The summed E-state index contributed by atoms with van der Waals surface area (Å²) < 4.78 is 5.07. The molecule has 2 aromatic carbocycles. The Morgan fingerprint density at radius 2 is 1.50 bits per heavy atom. The van der Waals surface area contributed by atoms with Gasteiger partial charge >= 0.3 is 5.63 Å². The molecule has 2 amide bonds. The highest BCUT2D eigenvalue weighted by atomic mass is 35.5. The topological polar surface area (TPSA) is 88.4 Å². The highest BCUT2D eigenvalue weighted by molar-refractivity contribution is 6.33. The minimum atomic E-state index is -0.793. The number of fused-ring (bicyclic) bond motifs is 1. The van der Waals surface area contributed by atoms with Crippen LogP contribution in [0, 0.1) is 0 Å². The number of rotatable bonds is 2. The van der Waals surface area contributed by atoms with E-state index >= 15 is 0 Å². The zero-order valence-electron chi connectivity index (χ0n) is 12.2. The van der Waals surface area contributed by atoms with E-state index in [-0.39, 0.29) is 16.1 Å². The second kappa shape index (κ2) is 6.55. The van der Waals surface area contributed by atoms with E-state index in [4.69, 9.17) is 16.0 Å². The number of nitrogens with one attached hydrogen (secondary N) is 2. The molecule has 6 nitrogen and oxygen atoms in total. The predicted molar refractivity (Wildman–Crippen MR) is 88.9 cm³/mol. The molecule has 0 unspecified atom stereocenters. The van der Waals surface area contributed by atoms with Crippen LogP contribution in [0.3, 0.4) is 0 Å². The van der Waals surface area contributed by atoms with Gasteiger partial charge in [-0.2, -0.15) is 0 Å². The summed E-state index contributed by atoms with van der Waals surface area (Å²) in [6, 6.07) is 14.6. The molecule has 0 saturated carbocycles. The van der Waals surface area contributed by atoms with Crippen molar-refractivity contribution in [2.45, 2.75) is 0 Å². The van der Waals surface area contributed by atoms with Crippen molar-refractivity contribution in [1.29, 1.82) is 0 Å². The lowest BCUT2D eigenvalue weighted by atomic mass is 10.2. The molecule has 120 valence electrons. The van der Waals surface area contributed by atoms with Gasteiger partial charge in [0.25, 0.3) is 11.8 Å². The molecule has 3 rings (SSSR count). The van der Waals surface area contributed by atoms with E-state index in [0.717, 1.165) is 0 Å². The van der Waals surface area contributed by atoms with Crippen molar-refractivity contribution in [3.05, 3.63) is 81.2 Å². The second-order valence-electron chi connectivity index (χ2n) is 4.87. The molecule has 2 N–H and O–H groups in total. The standard InChI is InChI=1S/C17H11ClN2O4/c18-13-7-3-2-6-11(13)15(21)19-20-16(22)12-9-10-5-1-4-8-14(10)24-17(12)23/h1-9H,(H,19,21)(H,20,22).